The van der Waals surface area contributed by atoms with Crippen LogP contribution in [0.4, 0.5) is 0 Å². The number of thioether (sulfide) groups is 1. The van der Waals surface area contributed by atoms with Crippen LogP contribution in [0.5, 0.6) is 0 Å². The molecule has 0 N–H and O–H groups in total. The topological polar surface area (TPSA) is 65.1 Å². The summed E-state index contributed by atoms with van der Waals surface area (Å²) < 4.78 is 3.51. The second kappa shape index (κ2) is 6.52. The molecule has 7 heteroatoms. The van der Waals surface area contributed by atoms with E-state index in [9.17, 15) is 4.79 Å². The van der Waals surface area contributed by atoms with E-state index in [1.807, 2.05) is 46.9 Å². The smallest absolute Gasteiger partial charge is 0.263 e. The molecule has 3 aromatic heterocycles. The average molecular weight is 349 g/mol. The van der Waals surface area contributed by atoms with Crippen LogP contribution in [0.25, 0.3) is 16.7 Å². The van der Waals surface area contributed by atoms with E-state index in [1.54, 1.807) is 28.6 Å². The van der Waals surface area contributed by atoms with Crippen molar-refractivity contribution < 1.29 is 0 Å². The molecule has 0 aliphatic heterocycles. The molecule has 0 atom stereocenters. The highest BCUT2D eigenvalue weighted by atomic mass is 32.2. The van der Waals surface area contributed by atoms with Crippen molar-refractivity contribution in [3.63, 3.8) is 0 Å². The van der Waals surface area contributed by atoms with Crippen molar-refractivity contribution in [2.24, 2.45) is 0 Å². The normalized spacial score (nSPS) is 11.2. The van der Waals surface area contributed by atoms with Gasteiger partial charge in [0, 0.05) is 18.5 Å². The summed E-state index contributed by atoms with van der Waals surface area (Å²) in [7, 11) is 0. The fourth-order valence-electron chi connectivity index (χ4n) is 2.74. The van der Waals surface area contributed by atoms with Crippen LogP contribution >= 0.6 is 11.8 Å². The van der Waals surface area contributed by atoms with Crippen LogP contribution < -0.4 is 5.56 Å². The van der Waals surface area contributed by atoms with E-state index in [0.717, 1.165) is 16.4 Å². The van der Waals surface area contributed by atoms with Gasteiger partial charge >= 0.3 is 0 Å². The third kappa shape index (κ3) is 2.72. The van der Waals surface area contributed by atoms with E-state index in [4.69, 9.17) is 0 Å². The molecule has 25 heavy (non-hydrogen) atoms. The molecule has 4 aromatic rings. The maximum absolute atomic E-state index is 12.7. The van der Waals surface area contributed by atoms with Gasteiger partial charge in [0.15, 0.2) is 5.16 Å². The van der Waals surface area contributed by atoms with Crippen molar-refractivity contribution in [2.45, 2.75) is 17.5 Å². The largest absolute Gasteiger partial charge is 0.272 e. The Balaban J connectivity index is 1.89. The Labute approximate surface area is 147 Å². The highest BCUT2D eigenvalue weighted by Crippen LogP contribution is 2.23. The molecular formula is C18H15N5OS. The molecule has 124 valence electrons. The number of fused-ring (bicyclic) bond motifs is 3. The fourth-order valence-corrected chi connectivity index (χ4v) is 3.60. The second-order valence-electron chi connectivity index (χ2n) is 5.45. The third-order valence-electron chi connectivity index (χ3n) is 3.87. The van der Waals surface area contributed by atoms with Crippen LogP contribution in [0, 0.1) is 0 Å². The molecule has 0 fully saturated rings. The molecule has 6 nitrogen and oxygen atoms in total. The highest BCUT2D eigenvalue weighted by Gasteiger charge is 2.16. The summed E-state index contributed by atoms with van der Waals surface area (Å²) in [6.45, 7) is 4.12. The van der Waals surface area contributed by atoms with Crippen LogP contribution in [0.3, 0.4) is 0 Å². The zero-order valence-corrected chi connectivity index (χ0v) is 14.2. The summed E-state index contributed by atoms with van der Waals surface area (Å²) in [4.78, 5) is 17.1. The van der Waals surface area contributed by atoms with Gasteiger partial charge in [-0.05, 0) is 24.3 Å². The van der Waals surface area contributed by atoms with Gasteiger partial charge in [-0.25, -0.2) is 0 Å². The number of para-hydroxylation sites is 1. The third-order valence-corrected chi connectivity index (χ3v) is 4.83. The van der Waals surface area contributed by atoms with E-state index in [2.05, 4.69) is 21.8 Å². The number of nitrogens with zero attached hydrogens (tertiary/aromatic N) is 5. The maximum atomic E-state index is 12.7. The van der Waals surface area contributed by atoms with Gasteiger partial charge in [0.1, 0.15) is 0 Å². The van der Waals surface area contributed by atoms with E-state index < -0.39 is 0 Å². The molecule has 0 bridgehead atoms. The van der Waals surface area contributed by atoms with E-state index in [-0.39, 0.29) is 5.56 Å². The van der Waals surface area contributed by atoms with Gasteiger partial charge in [-0.3, -0.25) is 18.7 Å². The standard InChI is InChI=1S/C18H15N5OS/c1-2-11-22-16(24)14-8-3-4-9-15(14)23-17(22)20-21-18(23)25-12-13-7-5-6-10-19-13/h2-10H,1,11-12H2. The average Bonchev–Trinajstić information content (AvgIpc) is 3.08. The lowest BCUT2D eigenvalue weighted by atomic mass is 10.2. The van der Waals surface area contributed by atoms with Crippen LogP contribution in [0.15, 0.2) is 71.3 Å². The minimum Gasteiger partial charge on any atom is -0.272 e. The summed E-state index contributed by atoms with van der Waals surface area (Å²) in [5.41, 5.74) is 1.68. The summed E-state index contributed by atoms with van der Waals surface area (Å²) >= 11 is 1.54. The Kier molecular flexibility index (Phi) is 4.07. The van der Waals surface area contributed by atoms with Gasteiger partial charge in [0.05, 0.1) is 16.6 Å². The molecular weight excluding hydrogens is 334 g/mol. The molecule has 0 spiro atoms. The molecule has 1 aromatic carbocycles. The van der Waals surface area contributed by atoms with Gasteiger partial charge in [-0.15, -0.1) is 16.8 Å². The maximum Gasteiger partial charge on any atom is 0.263 e. The molecule has 0 saturated heterocycles. The number of hydrogen-bond donors (Lipinski definition) is 0. The first-order valence-electron chi connectivity index (χ1n) is 7.80. The SMILES string of the molecule is C=CCn1c(=O)c2ccccc2n2c(SCc3ccccn3)nnc12. The summed E-state index contributed by atoms with van der Waals surface area (Å²) in [6, 6.07) is 13.3. The van der Waals surface area contributed by atoms with Gasteiger partial charge in [0.2, 0.25) is 5.78 Å². The first-order chi connectivity index (χ1) is 12.3. The Morgan fingerprint density at radius 2 is 1.96 bits per heavy atom. The lowest BCUT2D eigenvalue weighted by Crippen LogP contribution is -2.22. The minimum absolute atomic E-state index is 0.0864. The number of benzene rings is 1. The van der Waals surface area contributed by atoms with Crippen molar-refractivity contribution >= 4 is 28.4 Å². The Morgan fingerprint density at radius 1 is 1.12 bits per heavy atom. The van der Waals surface area contributed by atoms with E-state index in [1.165, 1.54) is 0 Å². The Bertz CT molecular complexity index is 1120. The minimum atomic E-state index is -0.0864. The number of rotatable bonds is 5. The monoisotopic (exact) mass is 349 g/mol. The van der Waals surface area contributed by atoms with Crippen LogP contribution in [-0.4, -0.2) is 24.1 Å². The summed E-state index contributed by atoms with van der Waals surface area (Å²) in [5, 5.41) is 9.91. The predicted octanol–water partition coefficient (Wildman–Crippen LogP) is 2.92. The Hall–Kier alpha value is -2.93. The van der Waals surface area contributed by atoms with Crippen molar-refractivity contribution in [3.8, 4) is 0 Å². The first-order valence-corrected chi connectivity index (χ1v) is 8.78. The van der Waals surface area contributed by atoms with Crippen molar-refractivity contribution in [2.75, 3.05) is 0 Å². The van der Waals surface area contributed by atoms with Crippen molar-refractivity contribution in [3.05, 3.63) is 77.4 Å². The second-order valence-corrected chi connectivity index (χ2v) is 6.39. The van der Waals surface area contributed by atoms with Gasteiger partial charge in [-0.2, -0.15) is 0 Å². The quantitative estimate of drug-likeness (QED) is 0.409. The van der Waals surface area contributed by atoms with Crippen molar-refractivity contribution in [1.29, 1.82) is 0 Å². The zero-order valence-electron chi connectivity index (χ0n) is 13.4. The molecule has 0 aliphatic carbocycles. The molecule has 0 unspecified atom stereocenters. The van der Waals surface area contributed by atoms with Gasteiger partial charge < -0.3 is 0 Å². The number of aromatic nitrogens is 5. The first kappa shape index (κ1) is 15.6. The van der Waals surface area contributed by atoms with Gasteiger partial charge in [-0.1, -0.05) is 36.0 Å². The highest BCUT2D eigenvalue weighted by molar-refractivity contribution is 7.98. The fraction of sp³-hybridized carbons (Fsp3) is 0.111. The molecule has 4 rings (SSSR count). The van der Waals surface area contributed by atoms with Crippen molar-refractivity contribution in [1.82, 2.24) is 24.1 Å². The number of pyridine rings is 1. The zero-order chi connectivity index (χ0) is 17.2. The summed E-state index contributed by atoms with van der Waals surface area (Å²) in [5.74, 6) is 1.20. The van der Waals surface area contributed by atoms with Gasteiger partial charge in [0.25, 0.3) is 5.56 Å². The Morgan fingerprint density at radius 3 is 2.76 bits per heavy atom. The number of allylic oxidation sites excluding steroid dienone is 1. The molecule has 0 amide bonds. The van der Waals surface area contributed by atoms with E-state index >= 15 is 0 Å². The lowest BCUT2D eigenvalue weighted by Gasteiger charge is -2.09. The summed E-state index contributed by atoms with van der Waals surface area (Å²) in [6.07, 6.45) is 3.46. The molecule has 0 aliphatic rings. The van der Waals surface area contributed by atoms with Crippen LogP contribution in [-0.2, 0) is 12.3 Å². The molecule has 0 saturated carbocycles. The molecule has 0 radical (unpaired) electrons. The van der Waals surface area contributed by atoms with E-state index in [0.29, 0.717) is 23.5 Å². The van der Waals surface area contributed by atoms with Crippen LogP contribution in [0.2, 0.25) is 0 Å². The van der Waals surface area contributed by atoms with Crippen LogP contribution in [0.1, 0.15) is 5.69 Å². The predicted molar refractivity (Wildman–Crippen MR) is 98.7 cm³/mol. The lowest BCUT2D eigenvalue weighted by molar-refractivity contribution is 0.783. The molecule has 3 heterocycles. The number of hydrogen-bond acceptors (Lipinski definition) is 5.